The van der Waals surface area contributed by atoms with Crippen LogP contribution in [-0.4, -0.2) is 97.2 Å². The van der Waals surface area contributed by atoms with E-state index in [9.17, 15) is 4.79 Å². The summed E-state index contributed by atoms with van der Waals surface area (Å²) in [4.78, 5) is 29.1. The molecule has 0 N–H and O–H groups in total. The lowest BCUT2D eigenvalue weighted by atomic mass is 10.3. The quantitative estimate of drug-likeness (QED) is 0.795. The Balaban J connectivity index is 1.53. The first-order valence-electron chi connectivity index (χ1n) is 8.41. The van der Waals surface area contributed by atoms with Crippen molar-refractivity contribution in [3.8, 4) is 5.88 Å². The lowest BCUT2D eigenvalue weighted by Gasteiger charge is -2.34. The average Bonchev–Trinajstić information content (AvgIpc) is 3.03. The van der Waals surface area contributed by atoms with E-state index in [2.05, 4.69) is 21.9 Å². The van der Waals surface area contributed by atoms with Crippen LogP contribution in [-0.2, 0) is 0 Å². The highest BCUT2D eigenvalue weighted by atomic mass is 16.5. The molecule has 0 spiro atoms. The first-order valence-corrected chi connectivity index (χ1v) is 8.41. The van der Waals surface area contributed by atoms with Crippen molar-refractivity contribution in [2.45, 2.75) is 12.5 Å². The van der Waals surface area contributed by atoms with Crippen molar-refractivity contribution in [2.75, 3.05) is 65.3 Å². The number of amides is 2. The number of likely N-dealkylation sites (tertiary alicyclic amines) is 1. The molecule has 2 amide bonds. The summed E-state index contributed by atoms with van der Waals surface area (Å²) in [6, 6.07) is 0.127. The summed E-state index contributed by atoms with van der Waals surface area (Å²) in [5.41, 5.74) is 0. The number of aromatic nitrogens is 2. The van der Waals surface area contributed by atoms with E-state index < -0.39 is 0 Å². The van der Waals surface area contributed by atoms with E-state index in [1.807, 2.05) is 28.8 Å². The van der Waals surface area contributed by atoms with Crippen LogP contribution in [0.5, 0.6) is 5.88 Å². The summed E-state index contributed by atoms with van der Waals surface area (Å²) in [5.74, 6) is 1.27. The van der Waals surface area contributed by atoms with Crippen molar-refractivity contribution in [3.63, 3.8) is 0 Å². The van der Waals surface area contributed by atoms with Crippen LogP contribution in [0.2, 0.25) is 0 Å². The Hall–Kier alpha value is -2.09. The molecule has 2 aliphatic rings. The summed E-state index contributed by atoms with van der Waals surface area (Å²) in [7, 11) is 5.92. The van der Waals surface area contributed by atoms with Gasteiger partial charge in [0.15, 0.2) is 5.82 Å². The molecule has 1 aromatic rings. The molecule has 0 aromatic carbocycles. The predicted molar refractivity (Wildman–Crippen MR) is 91.4 cm³/mol. The van der Waals surface area contributed by atoms with Gasteiger partial charge in [0.05, 0.1) is 18.9 Å². The standard InChI is InChI=1S/C16H26N6O2/c1-19(2)14-10-17-11-15(18-14)24-13-4-5-22(12-13)16(23)21-8-6-20(3)7-9-21/h10-11,13H,4-9,12H2,1-3H3/t13-/m1/s1. The lowest BCUT2D eigenvalue weighted by molar-refractivity contribution is 0.123. The summed E-state index contributed by atoms with van der Waals surface area (Å²) in [5, 5.41) is 0. The molecule has 3 rings (SSSR count). The molecule has 3 heterocycles. The van der Waals surface area contributed by atoms with Crippen molar-refractivity contribution in [3.05, 3.63) is 12.4 Å². The zero-order valence-corrected chi connectivity index (χ0v) is 14.7. The second-order valence-corrected chi connectivity index (χ2v) is 6.66. The Morgan fingerprint density at radius 2 is 1.92 bits per heavy atom. The average molecular weight is 334 g/mol. The first-order chi connectivity index (χ1) is 11.5. The van der Waals surface area contributed by atoms with Crippen LogP contribution < -0.4 is 9.64 Å². The number of likely N-dealkylation sites (N-methyl/N-ethyl adjacent to an activating group) is 1. The fourth-order valence-corrected chi connectivity index (χ4v) is 2.98. The van der Waals surface area contributed by atoms with Gasteiger partial charge in [0.25, 0.3) is 0 Å². The van der Waals surface area contributed by atoms with Gasteiger partial charge >= 0.3 is 6.03 Å². The molecule has 132 valence electrons. The van der Waals surface area contributed by atoms with Crippen molar-refractivity contribution < 1.29 is 9.53 Å². The van der Waals surface area contributed by atoms with Gasteiger partial charge in [0, 0.05) is 53.2 Å². The molecule has 0 saturated carbocycles. The van der Waals surface area contributed by atoms with Gasteiger partial charge in [0.1, 0.15) is 6.10 Å². The Kier molecular flexibility index (Phi) is 5.03. The molecule has 0 radical (unpaired) electrons. The number of rotatable bonds is 3. The van der Waals surface area contributed by atoms with Gasteiger partial charge in [-0.05, 0) is 7.05 Å². The third-order valence-corrected chi connectivity index (χ3v) is 4.53. The molecule has 24 heavy (non-hydrogen) atoms. The van der Waals surface area contributed by atoms with Gasteiger partial charge in [-0.3, -0.25) is 4.98 Å². The molecular formula is C16H26N6O2. The summed E-state index contributed by atoms with van der Waals surface area (Å²) in [6.45, 7) is 4.82. The van der Waals surface area contributed by atoms with Crippen LogP contribution in [0.1, 0.15) is 6.42 Å². The highest BCUT2D eigenvalue weighted by Crippen LogP contribution is 2.19. The number of hydrogen-bond donors (Lipinski definition) is 0. The minimum absolute atomic E-state index is 0.0203. The molecule has 2 fully saturated rings. The number of hydrogen-bond acceptors (Lipinski definition) is 6. The van der Waals surface area contributed by atoms with E-state index in [0.29, 0.717) is 12.4 Å². The minimum atomic E-state index is -0.0203. The smallest absolute Gasteiger partial charge is 0.320 e. The van der Waals surface area contributed by atoms with E-state index in [-0.39, 0.29) is 12.1 Å². The maximum Gasteiger partial charge on any atom is 0.320 e. The van der Waals surface area contributed by atoms with E-state index in [1.165, 1.54) is 0 Å². The Morgan fingerprint density at radius 1 is 1.17 bits per heavy atom. The molecule has 2 saturated heterocycles. The first kappa shape index (κ1) is 16.8. The molecule has 8 nitrogen and oxygen atoms in total. The van der Waals surface area contributed by atoms with Crippen molar-refractivity contribution >= 4 is 11.8 Å². The Labute approximate surface area is 143 Å². The number of anilines is 1. The lowest BCUT2D eigenvalue weighted by Crippen LogP contribution is -2.51. The number of ether oxygens (including phenoxy) is 1. The number of nitrogens with zero attached hydrogens (tertiary/aromatic N) is 6. The summed E-state index contributed by atoms with van der Waals surface area (Å²) >= 11 is 0. The number of carbonyl (C=O) groups is 1. The Morgan fingerprint density at radius 3 is 2.62 bits per heavy atom. The number of carbonyl (C=O) groups excluding carboxylic acids is 1. The largest absolute Gasteiger partial charge is 0.471 e. The third-order valence-electron chi connectivity index (χ3n) is 4.53. The van der Waals surface area contributed by atoms with Crippen LogP contribution in [0.15, 0.2) is 12.4 Å². The highest BCUT2D eigenvalue weighted by Gasteiger charge is 2.31. The van der Waals surface area contributed by atoms with Gasteiger partial charge in [0.2, 0.25) is 5.88 Å². The van der Waals surface area contributed by atoms with Gasteiger partial charge < -0.3 is 24.3 Å². The summed E-state index contributed by atoms with van der Waals surface area (Å²) in [6.07, 6.45) is 4.13. The fourth-order valence-electron chi connectivity index (χ4n) is 2.98. The monoisotopic (exact) mass is 334 g/mol. The van der Waals surface area contributed by atoms with Crippen LogP contribution in [0.3, 0.4) is 0 Å². The molecule has 0 bridgehead atoms. The van der Waals surface area contributed by atoms with Crippen LogP contribution >= 0.6 is 0 Å². The van der Waals surface area contributed by atoms with Gasteiger partial charge in [-0.1, -0.05) is 0 Å². The molecule has 2 aliphatic heterocycles. The summed E-state index contributed by atoms with van der Waals surface area (Å²) < 4.78 is 5.93. The van der Waals surface area contributed by atoms with Gasteiger partial charge in [-0.2, -0.15) is 4.98 Å². The van der Waals surface area contributed by atoms with Crippen LogP contribution in [0, 0.1) is 0 Å². The van der Waals surface area contributed by atoms with Gasteiger partial charge in [-0.15, -0.1) is 0 Å². The molecule has 8 heteroatoms. The van der Waals surface area contributed by atoms with E-state index in [0.717, 1.165) is 45.0 Å². The SMILES string of the molecule is CN1CCN(C(=O)N2CC[C@@H](Oc3cncc(N(C)C)n3)C2)CC1. The van der Waals surface area contributed by atoms with Crippen LogP contribution in [0.25, 0.3) is 0 Å². The number of piperazine rings is 1. The zero-order chi connectivity index (χ0) is 17.1. The predicted octanol–water partition coefficient (Wildman–Crippen LogP) is 0.363. The molecular weight excluding hydrogens is 308 g/mol. The second kappa shape index (κ2) is 7.21. The maximum atomic E-state index is 12.6. The number of urea groups is 1. The molecule has 1 atom stereocenters. The maximum absolute atomic E-state index is 12.6. The topological polar surface area (TPSA) is 65.0 Å². The normalized spacial score (nSPS) is 21.9. The van der Waals surface area contributed by atoms with E-state index >= 15 is 0 Å². The minimum Gasteiger partial charge on any atom is -0.471 e. The second-order valence-electron chi connectivity index (χ2n) is 6.66. The molecule has 0 aliphatic carbocycles. The zero-order valence-electron chi connectivity index (χ0n) is 14.7. The van der Waals surface area contributed by atoms with Crippen LogP contribution in [0.4, 0.5) is 10.6 Å². The van der Waals surface area contributed by atoms with E-state index in [4.69, 9.17) is 4.74 Å². The van der Waals surface area contributed by atoms with Gasteiger partial charge in [-0.25, -0.2) is 4.79 Å². The Bertz CT molecular complexity index is 573. The van der Waals surface area contributed by atoms with Crippen molar-refractivity contribution in [2.24, 2.45) is 0 Å². The van der Waals surface area contributed by atoms with E-state index in [1.54, 1.807) is 12.4 Å². The molecule has 0 unspecified atom stereocenters. The van der Waals surface area contributed by atoms with Crippen molar-refractivity contribution in [1.82, 2.24) is 24.7 Å². The third kappa shape index (κ3) is 3.87. The molecule has 1 aromatic heterocycles. The van der Waals surface area contributed by atoms with Crippen molar-refractivity contribution in [1.29, 1.82) is 0 Å². The highest BCUT2D eigenvalue weighted by molar-refractivity contribution is 5.75. The fraction of sp³-hybridized carbons (Fsp3) is 0.688.